The fourth-order valence-corrected chi connectivity index (χ4v) is 0.860. The smallest absolute Gasteiger partial charge is 0.0793 e. The van der Waals surface area contributed by atoms with Crippen LogP contribution in [0.2, 0.25) is 0 Å². The lowest BCUT2D eigenvalue weighted by Gasteiger charge is -2.07. The van der Waals surface area contributed by atoms with Gasteiger partial charge in [-0.05, 0) is 26.3 Å². The second kappa shape index (κ2) is 8.45. The monoisotopic (exact) mass is 210 g/mol. The van der Waals surface area contributed by atoms with Crippen molar-refractivity contribution in [3.05, 3.63) is 35.9 Å². The van der Waals surface area contributed by atoms with E-state index in [4.69, 9.17) is 9.47 Å². The van der Waals surface area contributed by atoms with E-state index in [0.29, 0.717) is 6.10 Å². The molecule has 2 nitrogen and oxygen atoms in total. The summed E-state index contributed by atoms with van der Waals surface area (Å²) in [5.74, 6) is 0. The minimum atomic E-state index is 0.209. The predicted octanol–water partition coefficient (Wildman–Crippen LogP) is 3.44. The molecular formula is C13H22O2. The Morgan fingerprint density at radius 3 is 1.67 bits per heavy atom. The molecule has 1 aromatic rings. The third-order valence-corrected chi connectivity index (χ3v) is 2.09. The Labute approximate surface area is 93.2 Å². The van der Waals surface area contributed by atoms with E-state index in [0.717, 1.165) is 0 Å². The van der Waals surface area contributed by atoms with Crippen molar-refractivity contribution in [2.45, 2.75) is 33.0 Å². The van der Waals surface area contributed by atoms with Crippen LogP contribution in [0, 0.1) is 0 Å². The Morgan fingerprint density at radius 2 is 1.33 bits per heavy atom. The van der Waals surface area contributed by atoms with Crippen LogP contribution in [-0.2, 0) is 9.47 Å². The lowest BCUT2D eigenvalue weighted by atomic mass is 10.1. The molecule has 0 fully saturated rings. The van der Waals surface area contributed by atoms with Crippen molar-refractivity contribution in [1.82, 2.24) is 0 Å². The summed E-state index contributed by atoms with van der Waals surface area (Å²) in [5, 5.41) is 0. The Hall–Kier alpha value is -0.860. The molecule has 0 spiro atoms. The van der Waals surface area contributed by atoms with Gasteiger partial charge in [-0.2, -0.15) is 0 Å². The van der Waals surface area contributed by atoms with E-state index < -0.39 is 0 Å². The fraction of sp³-hybridized carbons (Fsp3) is 0.538. The van der Waals surface area contributed by atoms with Crippen molar-refractivity contribution in [2.24, 2.45) is 0 Å². The van der Waals surface area contributed by atoms with Crippen molar-refractivity contribution in [2.75, 3.05) is 14.2 Å². The van der Waals surface area contributed by atoms with Gasteiger partial charge in [0.25, 0.3) is 0 Å². The summed E-state index contributed by atoms with van der Waals surface area (Å²) >= 11 is 0. The molecular weight excluding hydrogens is 188 g/mol. The molecule has 0 heterocycles. The van der Waals surface area contributed by atoms with E-state index >= 15 is 0 Å². The first-order valence-electron chi connectivity index (χ1n) is 5.22. The minimum Gasteiger partial charge on any atom is -0.382 e. The Morgan fingerprint density at radius 1 is 0.867 bits per heavy atom. The molecule has 0 aromatic heterocycles. The maximum atomic E-state index is 5.14. The summed E-state index contributed by atoms with van der Waals surface area (Å²) < 4.78 is 9.89. The first-order chi connectivity index (χ1) is 7.11. The molecule has 86 valence electrons. The maximum absolute atomic E-state index is 5.14. The predicted molar refractivity (Wildman–Crippen MR) is 64.0 cm³/mol. The maximum Gasteiger partial charge on any atom is 0.0793 e. The normalized spacial score (nSPS) is 11.9. The fourth-order valence-electron chi connectivity index (χ4n) is 0.860. The van der Waals surface area contributed by atoms with Gasteiger partial charge in [0.15, 0.2) is 0 Å². The van der Waals surface area contributed by atoms with Gasteiger partial charge in [0.05, 0.1) is 12.2 Å². The van der Waals surface area contributed by atoms with Crippen LogP contribution in [0.5, 0.6) is 0 Å². The molecule has 0 saturated heterocycles. The number of benzene rings is 1. The van der Waals surface area contributed by atoms with Gasteiger partial charge >= 0.3 is 0 Å². The van der Waals surface area contributed by atoms with E-state index in [1.165, 1.54) is 5.56 Å². The highest BCUT2D eigenvalue weighted by Gasteiger charge is 1.99. The SMILES string of the molecule is COC(C)C.COC(C)c1ccccc1. The number of hydrogen-bond acceptors (Lipinski definition) is 2. The number of ether oxygens (including phenoxy) is 2. The number of methoxy groups -OCH3 is 2. The van der Waals surface area contributed by atoms with Crippen molar-refractivity contribution in [3.8, 4) is 0 Å². The first kappa shape index (κ1) is 14.1. The van der Waals surface area contributed by atoms with Crippen molar-refractivity contribution in [3.63, 3.8) is 0 Å². The number of hydrogen-bond donors (Lipinski definition) is 0. The van der Waals surface area contributed by atoms with Crippen LogP contribution in [0.4, 0.5) is 0 Å². The van der Waals surface area contributed by atoms with Crippen molar-refractivity contribution < 1.29 is 9.47 Å². The molecule has 0 N–H and O–H groups in total. The van der Waals surface area contributed by atoms with Gasteiger partial charge in [-0.25, -0.2) is 0 Å². The third-order valence-electron chi connectivity index (χ3n) is 2.09. The molecule has 0 aliphatic heterocycles. The molecule has 0 aliphatic carbocycles. The molecule has 1 unspecified atom stereocenters. The summed E-state index contributed by atoms with van der Waals surface area (Å²) in [5.41, 5.74) is 1.23. The van der Waals surface area contributed by atoms with Crippen LogP contribution in [0.15, 0.2) is 30.3 Å². The van der Waals surface area contributed by atoms with Gasteiger partial charge < -0.3 is 9.47 Å². The first-order valence-corrected chi connectivity index (χ1v) is 5.22. The topological polar surface area (TPSA) is 18.5 Å². The molecule has 1 aromatic carbocycles. The van der Waals surface area contributed by atoms with Gasteiger partial charge in [-0.15, -0.1) is 0 Å². The highest BCUT2D eigenvalue weighted by Crippen LogP contribution is 2.13. The third kappa shape index (κ3) is 7.11. The van der Waals surface area contributed by atoms with Crippen molar-refractivity contribution >= 4 is 0 Å². The molecule has 2 heteroatoms. The lowest BCUT2D eigenvalue weighted by molar-refractivity contribution is 0.119. The summed E-state index contributed by atoms with van der Waals surface area (Å²) in [6.45, 7) is 6.04. The van der Waals surface area contributed by atoms with Crippen molar-refractivity contribution in [1.29, 1.82) is 0 Å². The van der Waals surface area contributed by atoms with Crippen LogP contribution in [0.3, 0.4) is 0 Å². The van der Waals surface area contributed by atoms with Gasteiger partial charge in [0, 0.05) is 14.2 Å². The van der Waals surface area contributed by atoms with Crippen LogP contribution < -0.4 is 0 Å². The summed E-state index contributed by atoms with van der Waals surface area (Å²) in [6.07, 6.45) is 0.594. The molecule has 1 atom stereocenters. The van der Waals surface area contributed by atoms with E-state index in [9.17, 15) is 0 Å². The van der Waals surface area contributed by atoms with Crippen LogP contribution in [-0.4, -0.2) is 20.3 Å². The number of rotatable bonds is 3. The highest BCUT2D eigenvalue weighted by molar-refractivity contribution is 5.16. The van der Waals surface area contributed by atoms with Gasteiger partial charge in [-0.3, -0.25) is 0 Å². The van der Waals surface area contributed by atoms with Crippen LogP contribution in [0.25, 0.3) is 0 Å². The summed E-state index contributed by atoms with van der Waals surface area (Å²) in [4.78, 5) is 0. The van der Waals surface area contributed by atoms with Gasteiger partial charge in [0.1, 0.15) is 0 Å². The Kier molecular flexibility index (Phi) is 7.96. The largest absolute Gasteiger partial charge is 0.382 e. The molecule has 0 radical (unpaired) electrons. The van der Waals surface area contributed by atoms with Crippen LogP contribution in [0.1, 0.15) is 32.4 Å². The zero-order chi connectivity index (χ0) is 11.7. The second-order valence-corrected chi connectivity index (χ2v) is 3.57. The molecule has 0 bridgehead atoms. The van der Waals surface area contributed by atoms with Crippen LogP contribution >= 0.6 is 0 Å². The summed E-state index contributed by atoms with van der Waals surface area (Å²) in [7, 11) is 3.42. The minimum absolute atomic E-state index is 0.209. The molecule has 0 amide bonds. The Bertz CT molecular complexity index is 232. The van der Waals surface area contributed by atoms with E-state index in [2.05, 4.69) is 12.1 Å². The Balaban J connectivity index is 0.000000336. The summed E-state index contributed by atoms with van der Waals surface area (Å²) in [6, 6.07) is 10.2. The molecule has 0 aliphatic rings. The van der Waals surface area contributed by atoms with E-state index in [-0.39, 0.29) is 6.10 Å². The average Bonchev–Trinajstić information content (AvgIpc) is 2.30. The van der Waals surface area contributed by atoms with E-state index in [1.807, 2.05) is 39.0 Å². The molecule has 15 heavy (non-hydrogen) atoms. The average molecular weight is 210 g/mol. The standard InChI is InChI=1S/C9H12O.C4H10O/c1-8(10-2)9-6-4-3-5-7-9;1-4(2)5-3/h3-8H,1-2H3;4H,1-3H3. The quantitative estimate of drug-likeness (QED) is 0.761. The molecule has 1 rings (SSSR count). The highest BCUT2D eigenvalue weighted by atomic mass is 16.5. The van der Waals surface area contributed by atoms with Gasteiger partial charge in [0.2, 0.25) is 0 Å². The van der Waals surface area contributed by atoms with E-state index in [1.54, 1.807) is 14.2 Å². The zero-order valence-electron chi connectivity index (χ0n) is 10.4. The zero-order valence-corrected chi connectivity index (χ0v) is 10.4. The van der Waals surface area contributed by atoms with Gasteiger partial charge in [-0.1, -0.05) is 30.3 Å². The molecule has 0 saturated carbocycles. The lowest BCUT2D eigenvalue weighted by Crippen LogP contribution is -1.94. The second-order valence-electron chi connectivity index (χ2n) is 3.57.